The lowest BCUT2D eigenvalue weighted by Gasteiger charge is -2.06. The summed E-state index contributed by atoms with van der Waals surface area (Å²) in [5.41, 5.74) is 0. The van der Waals surface area contributed by atoms with Gasteiger partial charge in [-0.2, -0.15) is 0 Å². The van der Waals surface area contributed by atoms with Gasteiger partial charge in [0.05, 0.1) is 12.9 Å². The van der Waals surface area contributed by atoms with Crippen molar-refractivity contribution in [2.45, 2.75) is 25.5 Å². The molecule has 0 amide bonds. The number of hydrogen-bond donors (Lipinski definition) is 0. The lowest BCUT2D eigenvalue weighted by atomic mass is 10.2. The fourth-order valence-corrected chi connectivity index (χ4v) is 1.62. The molecule has 1 atom stereocenters. The first-order chi connectivity index (χ1) is 5.56. The zero-order valence-corrected chi connectivity index (χ0v) is 8.44. The fraction of sp³-hybridized carbons (Fsp3) is 0.750. The van der Waals surface area contributed by atoms with Crippen molar-refractivity contribution in [3.8, 4) is 0 Å². The minimum atomic E-state index is -0.240. The maximum atomic E-state index is 10.7. The highest BCUT2D eigenvalue weighted by Crippen LogP contribution is 2.13. The number of esters is 1. The number of carbonyl (C=O) groups is 2. The lowest BCUT2D eigenvalue weighted by molar-refractivity contribution is -0.137. The summed E-state index contributed by atoms with van der Waals surface area (Å²) < 4.78 is 4.46. The third-order valence-corrected chi connectivity index (χ3v) is 2.43. The summed E-state index contributed by atoms with van der Waals surface area (Å²) in [5, 5.41) is 0.196. The highest BCUT2D eigenvalue weighted by atomic mass is 32.2. The van der Waals surface area contributed by atoms with Crippen molar-refractivity contribution in [3.05, 3.63) is 0 Å². The van der Waals surface area contributed by atoms with E-state index in [-0.39, 0.29) is 17.0 Å². The van der Waals surface area contributed by atoms with Crippen LogP contribution in [0.1, 0.15) is 20.3 Å². The molecule has 0 aliphatic carbocycles. The van der Waals surface area contributed by atoms with Gasteiger partial charge in [0.1, 0.15) is 5.78 Å². The van der Waals surface area contributed by atoms with E-state index in [1.54, 1.807) is 6.92 Å². The minimum absolute atomic E-state index is 0.153. The van der Waals surface area contributed by atoms with Gasteiger partial charge in [0.15, 0.2) is 0 Å². The Balaban J connectivity index is 3.50. The summed E-state index contributed by atoms with van der Waals surface area (Å²) in [4.78, 5) is 21.3. The van der Waals surface area contributed by atoms with Crippen LogP contribution in [-0.4, -0.2) is 29.9 Å². The number of thioether (sulfide) groups is 1. The van der Waals surface area contributed by atoms with Crippen molar-refractivity contribution in [3.63, 3.8) is 0 Å². The first kappa shape index (κ1) is 11.5. The van der Waals surface area contributed by atoms with Gasteiger partial charge in [-0.05, 0) is 6.92 Å². The number of carbonyl (C=O) groups excluding carboxylic acids is 2. The second-order valence-electron chi connectivity index (χ2n) is 2.60. The summed E-state index contributed by atoms with van der Waals surface area (Å²) in [6, 6.07) is 0. The Morgan fingerprint density at radius 3 is 2.50 bits per heavy atom. The molecule has 0 aromatic carbocycles. The van der Waals surface area contributed by atoms with Crippen LogP contribution in [-0.2, 0) is 14.3 Å². The van der Waals surface area contributed by atoms with Gasteiger partial charge in [-0.15, -0.1) is 11.8 Å². The molecule has 0 rings (SSSR count). The van der Waals surface area contributed by atoms with Crippen LogP contribution in [0.2, 0.25) is 0 Å². The molecule has 0 aromatic rings. The first-order valence-electron chi connectivity index (χ1n) is 3.74. The smallest absolute Gasteiger partial charge is 0.315 e. The molecule has 12 heavy (non-hydrogen) atoms. The normalized spacial score (nSPS) is 12.2. The molecule has 0 aliphatic heterocycles. The fourth-order valence-electron chi connectivity index (χ4n) is 0.733. The number of rotatable bonds is 5. The average molecular weight is 190 g/mol. The Hall–Kier alpha value is -0.510. The Labute approximate surface area is 76.9 Å². The molecule has 0 aromatic heterocycles. The van der Waals surface area contributed by atoms with E-state index >= 15 is 0 Å². The van der Waals surface area contributed by atoms with Crippen LogP contribution in [0.3, 0.4) is 0 Å². The number of ether oxygens (including phenoxy) is 1. The van der Waals surface area contributed by atoms with Crippen LogP contribution in [0.4, 0.5) is 0 Å². The highest BCUT2D eigenvalue weighted by Gasteiger charge is 2.08. The van der Waals surface area contributed by atoms with E-state index in [0.29, 0.717) is 12.2 Å². The average Bonchev–Trinajstić information content (AvgIpc) is 1.99. The van der Waals surface area contributed by atoms with Crippen molar-refractivity contribution in [2.24, 2.45) is 0 Å². The van der Waals surface area contributed by atoms with Gasteiger partial charge >= 0.3 is 5.97 Å². The molecule has 0 bridgehead atoms. The molecule has 0 aliphatic rings. The van der Waals surface area contributed by atoms with E-state index in [1.807, 2.05) is 6.92 Å². The van der Waals surface area contributed by atoms with Gasteiger partial charge in [0, 0.05) is 11.7 Å². The molecular formula is C8H14O3S. The summed E-state index contributed by atoms with van der Waals surface area (Å²) in [7, 11) is 1.36. The van der Waals surface area contributed by atoms with Gasteiger partial charge < -0.3 is 4.74 Å². The standard InChI is InChI=1S/C8H14O3S/c1-6(9)4-7(2)12-5-8(10)11-3/h7H,4-5H2,1-3H3. The van der Waals surface area contributed by atoms with Crippen LogP contribution >= 0.6 is 11.8 Å². The third kappa shape index (κ3) is 6.22. The summed E-state index contributed by atoms with van der Waals surface area (Å²) in [5.74, 6) is 0.237. The molecule has 0 saturated heterocycles. The van der Waals surface area contributed by atoms with Crippen LogP contribution in [0.5, 0.6) is 0 Å². The summed E-state index contributed by atoms with van der Waals surface area (Å²) in [6.45, 7) is 3.48. The van der Waals surface area contributed by atoms with Crippen LogP contribution in [0.25, 0.3) is 0 Å². The molecule has 1 unspecified atom stereocenters. The Morgan fingerprint density at radius 2 is 2.08 bits per heavy atom. The van der Waals surface area contributed by atoms with Crippen molar-refractivity contribution in [2.75, 3.05) is 12.9 Å². The van der Waals surface area contributed by atoms with Crippen LogP contribution in [0, 0.1) is 0 Å². The third-order valence-electron chi connectivity index (χ3n) is 1.29. The van der Waals surface area contributed by atoms with E-state index in [2.05, 4.69) is 4.74 Å². The number of methoxy groups -OCH3 is 1. The van der Waals surface area contributed by atoms with Crippen molar-refractivity contribution in [1.82, 2.24) is 0 Å². The van der Waals surface area contributed by atoms with Gasteiger partial charge in [-0.1, -0.05) is 6.92 Å². The van der Waals surface area contributed by atoms with Gasteiger partial charge in [-0.25, -0.2) is 0 Å². The molecule has 0 saturated carbocycles. The quantitative estimate of drug-likeness (QED) is 0.612. The monoisotopic (exact) mass is 190 g/mol. The number of Topliss-reactive ketones (excluding diaryl/α,β-unsaturated/α-hetero) is 1. The summed E-state index contributed by atoms with van der Waals surface area (Å²) >= 11 is 1.44. The predicted molar refractivity (Wildman–Crippen MR) is 49.2 cm³/mol. The Kier molecular flexibility index (Phi) is 5.80. The molecule has 4 heteroatoms. The zero-order chi connectivity index (χ0) is 9.56. The SMILES string of the molecule is COC(=O)CSC(C)CC(C)=O. The van der Waals surface area contributed by atoms with E-state index in [9.17, 15) is 9.59 Å². The van der Waals surface area contributed by atoms with Crippen molar-refractivity contribution < 1.29 is 14.3 Å². The number of hydrogen-bond acceptors (Lipinski definition) is 4. The molecule has 0 fully saturated rings. The van der Waals surface area contributed by atoms with Crippen molar-refractivity contribution >= 4 is 23.5 Å². The molecule has 3 nitrogen and oxygen atoms in total. The van der Waals surface area contributed by atoms with Crippen LogP contribution in [0.15, 0.2) is 0 Å². The van der Waals surface area contributed by atoms with Gasteiger partial charge in [-0.3, -0.25) is 9.59 Å². The van der Waals surface area contributed by atoms with E-state index < -0.39 is 0 Å². The largest absolute Gasteiger partial charge is 0.468 e. The van der Waals surface area contributed by atoms with Crippen molar-refractivity contribution in [1.29, 1.82) is 0 Å². The molecular weight excluding hydrogens is 176 g/mol. The predicted octanol–water partition coefficient (Wildman–Crippen LogP) is 1.26. The zero-order valence-electron chi connectivity index (χ0n) is 7.62. The van der Waals surface area contributed by atoms with E-state index in [1.165, 1.54) is 18.9 Å². The van der Waals surface area contributed by atoms with Crippen LogP contribution < -0.4 is 0 Å². The molecule has 0 spiro atoms. The summed E-state index contributed by atoms with van der Waals surface area (Å²) in [6.07, 6.45) is 0.516. The lowest BCUT2D eigenvalue weighted by Crippen LogP contribution is -2.09. The molecule has 70 valence electrons. The molecule has 0 radical (unpaired) electrons. The topological polar surface area (TPSA) is 43.4 Å². The maximum Gasteiger partial charge on any atom is 0.315 e. The second kappa shape index (κ2) is 6.06. The first-order valence-corrected chi connectivity index (χ1v) is 4.79. The highest BCUT2D eigenvalue weighted by molar-refractivity contribution is 8.00. The maximum absolute atomic E-state index is 10.7. The Morgan fingerprint density at radius 1 is 1.50 bits per heavy atom. The van der Waals surface area contributed by atoms with Gasteiger partial charge in [0.2, 0.25) is 0 Å². The second-order valence-corrected chi connectivity index (χ2v) is 4.03. The minimum Gasteiger partial charge on any atom is -0.468 e. The number of ketones is 1. The Bertz CT molecular complexity index is 168. The van der Waals surface area contributed by atoms with E-state index in [4.69, 9.17) is 0 Å². The molecule has 0 N–H and O–H groups in total. The molecule has 0 heterocycles. The van der Waals surface area contributed by atoms with Gasteiger partial charge in [0.25, 0.3) is 0 Å². The van der Waals surface area contributed by atoms with E-state index in [0.717, 1.165) is 0 Å².